The third-order valence-electron chi connectivity index (χ3n) is 2.73. The number of aromatic nitrogens is 3. The zero-order chi connectivity index (χ0) is 14.4. The maximum absolute atomic E-state index is 4.50. The second-order valence-corrected chi connectivity index (χ2v) is 5.51. The molecule has 0 fully saturated rings. The Balaban J connectivity index is 3.04. The average Bonchev–Trinajstić information content (AvgIpc) is 2.38. The van der Waals surface area contributed by atoms with Crippen molar-refractivity contribution in [2.75, 3.05) is 54.8 Å². The molecule has 0 aliphatic carbocycles. The molecule has 0 radical (unpaired) electrons. The van der Waals surface area contributed by atoms with Crippen LogP contribution in [0.15, 0.2) is 0 Å². The second kappa shape index (κ2) is 7.37. The topological polar surface area (TPSA) is 57.2 Å². The van der Waals surface area contributed by atoms with Crippen molar-refractivity contribution < 1.29 is 0 Å². The van der Waals surface area contributed by atoms with Gasteiger partial charge >= 0.3 is 0 Å². The molecular formula is C12H24N6S. The number of hydrogen-bond donors (Lipinski definition) is 1. The lowest BCUT2D eigenvalue weighted by atomic mass is 10.3. The first-order chi connectivity index (χ1) is 8.99. The van der Waals surface area contributed by atoms with Gasteiger partial charge in [-0.05, 0) is 20.1 Å². The van der Waals surface area contributed by atoms with E-state index in [1.807, 2.05) is 44.7 Å². The Morgan fingerprint density at radius 3 is 2.32 bits per heavy atom. The Bertz CT molecular complexity index is 398. The third-order valence-corrected chi connectivity index (χ3v) is 3.55. The van der Waals surface area contributed by atoms with Crippen LogP contribution in [0.1, 0.15) is 13.8 Å². The number of anilines is 3. The van der Waals surface area contributed by atoms with Gasteiger partial charge in [-0.2, -0.15) is 26.7 Å². The predicted octanol–water partition coefficient (Wildman–Crippen LogP) is 1.56. The molecule has 0 aromatic carbocycles. The monoisotopic (exact) mass is 284 g/mol. The molecule has 0 bridgehead atoms. The van der Waals surface area contributed by atoms with Crippen LogP contribution in [-0.2, 0) is 0 Å². The lowest BCUT2D eigenvalue weighted by Crippen LogP contribution is -2.33. The van der Waals surface area contributed by atoms with Crippen molar-refractivity contribution in [2.45, 2.75) is 19.9 Å². The summed E-state index contributed by atoms with van der Waals surface area (Å²) >= 11 is 1.82. The van der Waals surface area contributed by atoms with E-state index < -0.39 is 0 Å². The van der Waals surface area contributed by atoms with Crippen molar-refractivity contribution in [3.8, 4) is 0 Å². The first-order valence-corrected chi connectivity index (χ1v) is 7.78. The lowest BCUT2D eigenvalue weighted by molar-refractivity contribution is 0.733. The standard InChI is InChI=1S/C12H24N6S/c1-7-13-10-14-11(17(3)4)16-12(15-10)18(5)9(2)8-19-6/h9H,7-8H2,1-6H3,(H,13,14,15,16). The predicted molar refractivity (Wildman–Crippen MR) is 84.6 cm³/mol. The minimum Gasteiger partial charge on any atom is -0.354 e. The van der Waals surface area contributed by atoms with Crippen LogP contribution in [0, 0.1) is 0 Å². The SMILES string of the molecule is CCNc1nc(N(C)C)nc(N(C)C(C)CSC)n1. The van der Waals surface area contributed by atoms with Gasteiger partial charge < -0.3 is 15.1 Å². The molecule has 1 rings (SSSR count). The van der Waals surface area contributed by atoms with Crippen molar-refractivity contribution >= 4 is 29.6 Å². The number of nitrogens with zero attached hydrogens (tertiary/aromatic N) is 5. The Morgan fingerprint density at radius 2 is 1.79 bits per heavy atom. The average molecular weight is 284 g/mol. The summed E-state index contributed by atoms with van der Waals surface area (Å²) in [6, 6.07) is 0.377. The van der Waals surface area contributed by atoms with Crippen LogP contribution in [0.4, 0.5) is 17.8 Å². The highest BCUT2D eigenvalue weighted by molar-refractivity contribution is 7.98. The zero-order valence-electron chi connectivity index (χ0n) is 12.6. The second-order valence-electron chi connectivity index (χ2n) is 4.60. The molecule has 0 saturated heterocycles. The highest BCUT2D eigenvalue weighted by Gasteiger charge is 2.15. The molecule has 1 unspecified atom stereocenters. The molecule has 1 atom stereocenters. The molecule has 108 valence electrons. The van der Waals surface area contributed by atoms with Gasteiger partial charge in [0.05, 0.1) is 0 Å². The van der Waals surface area contributed by atoms with Crippen LogP contribution >= 0.6 is 11.8 Å². The first-order valence-electron chi connectivity index (χ1n) is 6.38. The Morgan fingerprint density at radius 1 is 1.16 bits per heavy atom. The number of rotatable bonds is 7. The molecule has 0 spiro atoms. The van der Waals surface area contributed by atoms with Crippen LogP contribution in [0.3, 0.4) is 0 Å². The fourth-order valence-electron chi connectivity index (χ4n) is 1.50. The van der Waals surface area contributed by atoms with Gasteiger partial charge in [-0.1, -0.05) is 0 Å². The Kier molecular flexibility index (Phi) is 6.14. The molecule has 1 aromatic rings. The normalized spacial score (nSPS) is 12.1. The van der Waals surface area contributed by atoms with Crippen molar-refractivity contribution in [1.29, 1.82) is 0 Å². The van der Waals surface area contributed by atoms with Crippen molar-refractivity contribution in [3.63, 3.8) is 0 Å². The van der Waals surface area contributed by atoms with E-state index in [1.165, 1.54) is 0 Å². The lowest BCUT2D eigenvalue weighted by Gasteiger charge is -2.25. The van der Waals surface area contributed by atoms with Crippen LogP contribution in [-0.4, -0.2) is 60.7 Å². The zero-order valence-corrected chi connectivity index (χ0v) is 13.5. The third kappa shape index (κ3) is 4.41. The summed E-state index contributed by atoms with van der Waals surface area (Å²) in [6.07, 6.45) is 2.10. The van der Waals surface area contributed by atoms with Crippen molar-refractivity contribution in [2.24, 2.45) is 0 Å². The van der Waals surface area contributed by atoms with Gasteiger partial charge in [0.25, 0.3) is 0 Å². The van der Waals surface area contributed by atoms with Crippen LogP contribution in [0.5, 0.6) is 0 Å². The number of hydrogen-bond acceptors (Lipinski definition) is 7. The molecule has 1 heterocycles. The Hall–Kier alpha value is -1.24. The first kappa shape index (κ1) is 15.8. The van der Waals surface area contributed by atoms with Gasteiger partial charge in [-0.15, -0.1) is 0 Å². The number of thioether (sulfide) groups is 1. The molecule has 19 heavy (non-hydrogen) atoms. The quantitative estimate of drug-likeness (QED) is 0.815. The molecule has 7 heteroatoms. The highest BCUT2D eigenvalue weighted by atomic mass is 32.2. The largest absolute Gasteiger partial charge is 0.354 e. The van der Waals surface area contributed by atoms with Gasteiger partial charge in [-0.3, -0.25) is 0 Å². The summed E-state index contributed by atoms with van der Waals surface area (Å²) in [5, 5.41) is 3.15. The molecule has 0 amide bonds. The molecule has 0 aliphatic rings. The maximum Gasteiger partial charge on any atom is 0.231 e. The minimum atomic E-state index is 0.377. The van der Waals surface area contributed by atoms with Gasteiger partial charge in [0.15, 0.2) is 0 Å². The molecule has 0 aliphatic heterocycles. The summed E-state index contributed by atoms with van der Waals surface area (Å²) in [5.74, 6) is 3.04. The molecule has 1 aromatic heterocycles. The fourth-order valence-corrected chi connectivity index (χ4v) is 2.20. The van der Waals surface area contributed by atoms with E-state index in [0.717, 1.165) is 12.3 Å². The van der Waals surface area contributed by atoms with Crippen LogP contribution in [0.25, 0.3) is 0 Å². The van der Waals surface area contributed by atoms with Crippen molar-refractivity contribution in [3.05, 3.63) is 0 Å². The highest BCUT2D eigenvalue weighted by Crippen LogP contribution is 2.17. The van der Waals surface area contributed by atoms with Crippen LogP contribution < -0.4 is 15.1 Å². The van der Waals surface area contributed by atoms with Crippen molar-refractivity contribution in [1.82, 2.24) is 15.0 Å². The summed E-state index contributed by atoms with van der Waals surface area (Å²) in [4.78, 5) is 17.3. The number of nitrogens with one attached hydrogen (secondary N) is 1. The fraction of sp³-hybridized carbons (Fsp3) is 0.750. The Labute approximate surface area is 120 Å². The maximum atomic E-state index is 4.50. The molecular weight excluding hydrogens is 260 g/mol. The molecule has 6 nitrogen and oxygen atoms in total. The van der Waals surface area contributed by atoms with E-state index in [4.69, 9.17) is 0 Å². The summed E-state index contributed by atoms with van der Waals surface area (Å²) in [6.45, 7) is 4.99. The van der Waals surface area contributed by atoms with Gasteiger partial charge in [-0.25, -0.2) is 0 Å². The van der Waals surface area contributed by atoms with E-state index in [2.05, 4.69) is 38.3 Å². The van der Waals surface area contributed by atoms with E-state index in [-0.39, 0.29) is 0 Å². The van der Waals surface area contributed by atoms with E-state index in [0.29, 0.717) is 23.9 Å². The van der Waals surface area contributed by atoms with Gasteiger partial charge in [0, 0.05) is 39.5 Å². The van der Waals surface area contributed by atoms with Crippen LogP contribution in [0.2, 0.25) is 0 Å². The summed E-state index contributed by atoms with van der Waals surface area (Å²) < 4.78 is 0. The summed E-state index contributed by atoms with van der Waals surface area (Å²) in [7, 11) is 5.88. The minimum absolute atomic E-state index is 0.377. The van der Waals surface area contributed by atoms with Gasteiger partial charge in [0.2, 0.25) is 17.8 Å². The van der Waals surface area contributed by atoms with Gasteiger partial charge in [0.1, 0.15) is 0 Å². The summed E-state index contributed by atoms with van der Waals surface area (Å²) in [5.41, 5.74) is 0. The van der Waals surface area contributed by atoms with E-state index >= 15 is 0 Å². The molecule has 0 saturated carbocycles. The van der Waals surface area contributed by atoms with E-state index in [1.54, 1.807) is 0 Å². The smallest absolute Gasteiger partial charge is 0.231 e. The van der Waals surface area contributed by atoms with E-state index in [9.17, 15) is 0 Å². The molecule has 1 N–H and O–H groups in total.